The molecule has 100 valence electrons. The molecule has 0 aliphatic rings. The molecule has 1 N–H and O–H groups in total. The smallest absolute Gasteiger partial charge is 0.256 e. The van der Waals surface area contributed by atoms with E-state index >= 15 is 0 Å². The molecule has 19 heavy (non-hydrogen) atoms. The van der Waals surface area contributed by atoms with Gasteiger partial charge in [-0.3, -0.25) is 4.79 Å². The normalized spacial score (nSPS) is 10.8. The molecule has 0 spiro atoms. The Balaban J connectivity index is 2.96. The molecule has 0 bridgehead atoms. The van der Waals surface area contributed by atoms with Crippen LogP contribution < -0.4 is 5.56 Å². The molecule has 0 fully saturated rings. The number of aromatic nitrogens is 1. The molecule has 0 unspecified atom stereocenters. The van der Waals surface area contributed by atoms with Crippen molar-refractivity contribution in [2.75, 3.05) is 0 Å². The van der Waals surface area contributed by atoms with E-state index in [1.54, 1.807) is 13.0 Å². The average Bonchev–Trinajstić information content (AvgIpc) is 2.37. The summed E-state index contributed by atoms with van der Waals surface area (Å²) >= 11 is 30.2. The molecule has 0 radical (unpaired) electrons. The first-order valence-electron chi connectivity index (χ1n) is 5.06. The third-order valence-corrected chi connectivity index (χ3v) is 4.91. The van der Waals surface area contributed by atoms with Crippen LogP contribution in [0.1, 0.15) is 5.56 Å². The summed E-state index contributed by atoms with van der Waals surface area (Å²) in [6.07, 6.45) is 1.53. The van der Waals surface area contributed by atoms with Gasteiger partial charge in [-0.25, -0.2) is 0 Å². The third-order valence-electron chi connectivity index (χ3n) is 2.63. The molecule has 0 atom stereocenters. The minimum absolute atomic E-state index is 0.0621. The van der Waals surface area contributed by atoms with E-state index in [2.05, 4.69) is 4.98 Å². The fourth-order valence-electron chi connectivity index (χ4n) is 1.71. The summed E-state index contributed by atoms with van der Waals surface area (Å²) in [5.74, 6) is 0. The highest BCUT2D eigenvalue weighted by atomic mass is 35.5. The molecular formula is C12H6Cl5NO. The zero-order chi connectivity index (χ0) is 14.3. The number of aromatic amines is 1. The van der Waals surface area contributed by atoms with Crippen LogP contribution in [0.25, 0.3) is 11.1 Å². The first kappa shape index (κ1) is 15.0. The molecule has 0 aliphatic carbocycles. The standard InChI is InChI=1S/C12H6Cl5NO/c1-4-2-3-18-12(19)5(4)6-7(13)9(15)11(17)10(16)8(6)14/h2-3H,1H3,(H,18,19). The first-order valence-corrected chi connectivity index (χ1v) is 6.95. The Morgan fingerprint density at radius 1 is 0.842 bits per heavy atom. The highest BCUT2D eigenvalue weighted by Crippen LogP contribution is 2.47. The van der Waals surface area contributed by atoms with Gasteiger partial charge in [0.2, 0.25) is 0 Å². The van der Waals surface area contributed by atoms with Crippen LogP contribution in [0.3, 0.4) is 0 Å². The molecule has 0 saturated heterocycles. The Labute approximate surface area is 134 Å². The molecular weight excluding hydrogens is 351 g/mol. The van der Waals surface area contributed by atoms with Gasteiger partial charge in [0.25, 0.3) is 5.56 Å². The quantitative estimate of drug-likeness (QED) is 0.522. The molecule has 2 aromatic rings. The van der Waals surface area contributed by atoms with Crippen LogP contribution in [-0.4, -0.2) is 4.98 Å². The maximum absolute atomic E-state index is 12.0. The fourth-order valence-corrected chi connectivity index (χ4v) is 3.04. The van der Waals surface area contributed by atoms with E-state index in [0.29, 0.717) is 11.1 Å². The molecule has 0 amide bonds. The van der Waals surface area contributed by atoms with Crippen LogP contribution >= 0.6 is 58.0 Å². The van der Waals surface area contributed by atoms with E-state index < -0.39 is 0 Å². The van der Waals surface area contributed by atoms with Gasteiger partial charge in [-0.15, -0.1) is 0 Å². The zero-order valence-corrected chi connectivity index (χ0v) is 13.2. The molecule has 7 heteroatoms. The van der Waals surface area contributed by atoms with Gasteiger partial charge in [-0.2, -0.15) is 0 Å². The lowest BCUT2D eigenvalue weighted by Crippen LogP contribution is -2.10. The highest BCUT2D eigenvalue weighted by Gasteiger charge is 2.23. The Morgan fingerprint density at radius 3 is 1.79 bits per heavy atom. The van der Waals surface area contributed by atoms with Gasteiger partial charge < -0.3 is 4.98 Å². The summed E-state index contributed by atoms with van der Waals surface area (Å²) in [6, 6.07) is 1.72. The lowest BCUT2D eigenvalue weighted by atomic mass is 10.0. The number of pyridine rings is 1. The van der Waals surface area contributed by atoms with Gasteiger partial charge in [0.15, 0.2) is 0 Å². The van der Waals surface area contributed by atoms with Crippen LogP contribution in [0, 0.1) is 6.92 Å². The van der Waals surface area contributed by atoms with Gasteiger partial charge in [0, 0.05) is 11.8 Å². The van der Waals surface area contributed by atoms with Crippen molar-refractivity contribution in [1.82, 2.24) is 4.98 Å². The summed E-state index contributed by atoms with van der Waals surface area (Å²) in [4.78, 5) is 14.5. The predicted molar refractivity (Wildman–Crippen MR) is 82.3 cm³/mol. The van der Waals surface area contributed by atoms with Crippen LogP contribution in [0.15, 0.2) is 17.1 Å². The third kappa shape index (κ3) is 2.48. The number of rotatable bonds is 1. The molecule has 2 rings (SSSR count). The topological polar surface area (TPSA) is 32.9 Å². The van der Waals surface area contributed by atoms with Crippen molar-refractivity contribution in [2.45, 2.75) is 6.92 Å². The van der Waals surface area contributed by atoms with Gasteiger partial charge in [0.1, 0.15) is 0 Å². The number of hydrogen-bond donors (Lipinski definition) is 1. The molecule has 2 nitrogen and oxygen atoms in total. The molecule has 1 aromatic heterocycles. The minimum Gasteiger partial charge on any atom is -0.329 e. The van der Waals surface area contributed by atoms with Crippen molar-refractivity contribution in [3.63, 3.8) is 0 Å². The molecule has 0 saturated carbocycles. The van der Waals surface area contributed by atoms with Gasteiger partial charge in [-0.05, 0) is 18.6 Å². The lowest BCUT2D eigenvalue weighted by Gasteiger charge is -2.13. The fraction of sp³-hybridized carbons (Fsp3) is 0.0833. The second kappa shape index (κ2) is 5.55. The number of halogens is 5. The van der Waals surface area contributed by atoms with E-state index in [0.717, 1.165) is 0 Å². The van der Waals surface area contributed by atoms with Crippen molar-refractivity contribution < 1.29 is 0 Å². The molecule has 0 aliphatic heterocycles. The minimum atomic E-state index is -0.335. The summed E-state index contributed by atoms with van der Waals surface area (Å²) in [5.41, 5.74) is 0.959. The van der Waals surface area contributed by atoms with E-state index in [1.807, 2.05) is 0 Å². The van der Waals surface area contributed by atoms with Crippen molar-refractivity contribution in [1.29, 1.82) is 0 Å². The molecule has 1 heterocycles. The number of benzene rings is 1. The Morgan fingerprint density at radius 2 is 1.32 bits per heavy atom. The zero-order valence-electron chi connectivity index (χ0n) is 9.45. The average molecular weight is 357 g/mol. The van der Waals surface area contributed by atoms with Gasteiger partial charge >= 0.3 is 0 Å². The Kier molecular flexibility index (Phi) is 4.38. The molecule has 1 aromatic carbocycles. The Hall–Kier alpha value is -0.380. The second-order valence-electron chi connectivity index (χ2n) is 3.81. The van der Waals surface area contributed by atoms with E-state index in [4.69, 9.17) is 58.0 Å². The van der Waals surface area contributed by atoms with Gasteiger partial charge in [-0.1, -0.05) is 58.0 Å². The maximum atomic E-state index is 12.0. The van der Waals surface area contributed by atoms with E-state index in [9.17, 15) is 4.79 Å². The van der Waals surface area contributed by atoms with Crippen LogP contribution in [0.5, 0.6) is 0 Å². The summed E-state index contributed by atoms with van der Waals surface area (Å²) in [7, 11) is 0. The van der Waals surface area contributed by atoms with Crippen molar-refractivity contribution in [3.05, 3.63) is 53.3 Å². The van der Waals surface area contributed by atoms with Crippen LogP contribution in [0.2, 0.25) is 25.1 Å². The largest absolute Gasteiger partial charge is 0.329 e. The van der Waals surface area contributed by atoms with Crippen LogP contribution in [-0.2, 0) is 0 Å². The maximum Gasteiger partial charge on any atom is 0.256 e. The van der Waals surface area contributed by atoms with E-state index in [1.165, 1.54) is 6.20 Å². The van der Waals surface area contributed by atoms with Gasteiger partial charge in [0.05, 0.1) is 30.7 Å². The Bertz CT molecular complexity index is 694. The summed E-state index contributed by atoms with van der Waals surface area (Å²) < 4.78 is 0. The number of aryl methyl sites for hydroxylation is 1. The monoisotopic (exact) mass is 355 g/mol. The highest BCUT2D eigenvalue weighted by molar-refractivity contribution is 6.56. The lowest BCUT2D eigenvalue weighted by molar-refractivity contribution is 1.21. The number of nitrogens with one attached hydrogen (secondary N) is 1. The van der Waals surface area contributed by atoms with E-state index in [-0.39, 0.29) is 36.2 Å². The second-order valence-corrected chi connectivity index (χ2v) is 5.70. The van der Waals surface area contributed by atoms with Crippen molar-refractivity contribution in [2.24, 2.45) is 0 Å². The number of H-pyrrole nitrogens is 1. The first-order chi connectivity index (χ1) is 8.86. The summed E-state index contributed by atoms with van der Waals surface area (Å²) in [5, 5.41) is 0.389. The number of hydrogen-bond acceptors (Lipinski definition) is 1. The SMILES string of the molecule is Cc1cc[nH]c(=O)c1-c1c(Cl)c(Cl)c(Cl)c(Cl)c1Cl. The summed E-state index contributed by atoms with van der Waals surface area (Å²) in [6.45, 7) is 1.76. The van der Waals surface area contributed by atoms with Crippen molar-refractivity contribution >= 4 is 58.0 Å². The predicted octanol–water partition coefficient (Wildman–Crippen LogP) is 5.62. The van der Waals surface area contributed by atoms with Crippen LogP contribution in [0.4, 0.5) is 0 Å². The van der Waals surface area contributed by atoms with Crippen molar-refractivity contribution in [3.8, 4) is 11.1 Å².